The van der Waals surface area contributed by atoms with E-state index in [1.165, 1.54) is 18.2 Å². The van der Waals surface area contributed by atoms with Gasteiger partial charge in [-0.1, -0.05) is 13.0 Å². The molecule has 26 heavy (non-hydrogen) atoms. The summed E-state index contributed by atoms with van der Waals surface area (Å²) in [7, 11) is -1.65. The van der Waals surface area contributed by atoms with Gasteiger partial charge < -0.3 is 10.2 Å². The molecule has 0 spiro atoms. The van der Waals surface area contributed by atoms with Crippen LogP contribution in [-0.2, 0) is 9.84 Å². The number of halogens is 1. The fourth-order valence-electron chi connectivity index (χ4n) is 4.52. The summed E-state index contributed by atoms with van der Waals surface area (Å²) in [5.41, 5.74) is 2.19. The van der Waals surface area contributed by atoms with Crippen molar-refractivity contribution in [2.75, 3.05) is 25.0 Å². The highest BCUT2D eigenvalue weighted by molar-refractivity contribution is 7.91. The SMILES string of the molecule is CC1CNCC[C@@H]2c3cc(S(=O)(=O)c4cccc(F)c4)ccc3N(C)C12. The van der Waals surface area contributed by atoms with E-state index in [-0.39, 0.29) is 9.79 Å². The van der Waals surface area contributed by atoms with E-state index in [0.29, 0.717) is 17.9 Å². The Morgan fingerprint density at radius 2 is 1.92 bits per heavy atom. The topological polar surface area (TPSA) is 49.4 Å². The van der Waals surface area contributed by atoms with E-state index in [9.17, 15) is 12.8 Å². The zero-order valence-corrected chi connectivity index (χ0v) is 15.8. The fourth-order valence-corrected chi connectivity index (χ4v) is 5.84. The first kappa shape index (κ1) is 17.5. The Morgan fingerprint density at radius 1 is 1.15 bits per heavy atom. The largest absolute Gasteiger partial charge is 0.370 e. The number of likely N-dealkylation sites (N-methyl/N-ethyl adjacent to an activating group) is 1. The summed E-state index contributed by atoms with van der Waals surface area (Å²) in [4.78, 5) is 2.52. The molecular formula is C20H23FN2O2S. The first-order valence-electron chi connectivity index (χ1n) is 8.98. The Bertz CT molecular complexity index is 945. The Morgan fingerprint density at radius 3 is 2.69 bits per heavy atom. The number of hydrogen-bond acceptors (Lipinski definition) is 4. The number of nitrogens with zero attached hydrogens (tertiary/aromatic N) is 1. The Hall–Kier alpha value is -1.92. The van der Waals surface area contributed by atoms with E-state index in [1.807, 2.05) is 6.07 Å². The van der Waals surface area contributed by atoms with Crippen molar-refractivity contribution < 1.29 is 12.8 Å². The van der Waals surface area contributed by atoms with Crippen LogP contribution < -0.4 is 10.2 Å². The minimum Gasteiger partial charge on any atom is -0.370 e. The van der Waals surface area contributed by atoms with E-state index < -0.39 is 15.7 Å². The van der Waals surface area contributed by atoms with Crippen molar-refractivity contribution in [2.24, 2.45) is 5.92 Å². The second-order valence-electron chi connectivity index (χ2n) is 7.36. The van der Waals surface area contributed by atoms with Gasteiger partial charge >= 0.3 is 0 Å². The molecule has 3 atom stereocenters. The number of rotatable bonds is 2. The summed E-state index contributed by atoms with van der Waals surface area (Å²) in [6.07, 6.45) is 0.982. The quantitative estimate of drug-likeness (QED) is 0.877. The molecule has 2 aromatic carbocycles. The molecule has 0 saturated carbocycles. The highest BCUT2D eigenvalue weighted by Crippen LogP contribution is 2.46. The molecule has 1 N–H and O–H groups in total. The fraction of sp³-hybridized carbons (Fsp3) is 0.400. The molecule has 0 aliphatic carbocycles. The Kier molecular flexibility index (Phi) is 4.28. The van der Waals surface area contributed by atoms with Gasteiger partial charge in [0.1, 0.15) is 5.82 Å². The summed E-state index contributed by atoms with van der Waals surface area (Å²) < 4.78 is 39.4. The third kappa shape index (κ3) is 2.72. The molecule has 1 fully saturated rings. The number of sulfone groups is 1. The number of fused-ring (bicyclic) bond motifs is 3. The van der Waals surface area contributed by atoms with Gasteiger partial charge in [0.15, 0.2) is 0 Å². The van der Waals surface area contributed by atoms with Gasteiger partial charge in [-0.25, -0.2) is 12.8 Å². The first-order valence-corrected chi connectivity index (χ1v) is 10.5. The average Bonchev–Trinajstić information content (AvgIpc) is 2.76. The summed E-state index contributed by atoms with van der Waals surface area (Å²) in [5.74, 6) is 0.238. The molecule has 0 aromatic heterocycles. The molecular weight excluding hydrogens is 351 g/mol. The predicted octanol–water partition coefficient (Wildman–Crippen LogP) is 3.19. The molecule has 4 nitrogen and oxygen atoms in total. The van der Waals surface area contributed by atoms with Crippen LogP contribution in [0.25, 0.3) is 0 Å². The van der Waals surface area contributed by atoms with Crippen molar-refractivity contribution in [1.29, 1.82) is 0 Å². The molecule has 0 radical (unpaired) electrons. The zero-order chi connectivity index (χ0) is 18.5. The van der Waals surface area contributed by atoms with Gasteiger partial charge in [0.05, 0.1) is 9.79 Å². The van der Waals surface area contributed by atoms with Gasteiger partial charge in [-0.3, -0.25) is 0 Å². The average molecular weight is 374 g/mol. The maximum absolute atomic E-state index is 13.5. The van der Waals surface area contributed by atoms with E-state index >= 15 is 0 Å². The van der Waals surface area contributed by atoms with Crippen molar-refractivity contribution in [1.82, 2.24) is 5.32 Å². The molecule has 0 amide bonds. The Balaban J connectivity index is 1.79. The number of nitrogens with one attached hydrogen (secondary N) is 1. The molecule has 2 aliphatic rings. The lowest BCUT2D eigenvalue weighted by Gasteiger charge is -2.30. The molecule has 138 valence electrons. The minimum atomic E-state index is -3.74. The highest BCUT2D eigenvalue weighted by atomic mass is 32.2. The molecule has 1 saturated heterocycles. The van der Waals surface area contributed by atoms with Crippen molar-refractivity contribution in [2.45, 2.75) is 35.1 Å². The maximum atomic E-state index is 13.5. The van der Waals surface area contributed by atoms with Gasteiger partial charge in [0.2, 0.25) is 9.84 Å². The van der Waals surface area contributed by atoms with Crippen LogP contribution in [0.5, 0.6) is 0 Å². The van der Waals surface area contributed by atoms with Crippen LogP contribution in [0, 0.1) is 11.7 Å². The summed E-state index contributed by atoms with van der Waals surface area (Å²) in [6.45, 7) is 4.14. The highest BCUT2D eigenvalue weighted by Gasteiger charge is 2.41. The second-order valence-corrected chi connectivity index (χ2v) is 9.31. The standard InChI is InChI=1S/C20H23FN2O2S/c1-13-12-22-9-8-17-18-11-16(6-7-19(18)23(2)20(13)17)26(24,25)15-5-3-4-14(21)10-15/h3-7,10-11,13,17,20,22H,8-9,12H2,1-2H3/t13?,17-,20?/m1/s1. The molecule has 2 heterocycles. The minimum absolute atomic E-state index is 0.00347. The lowest BCUT2D eigenvalue weighted by atomic mass is 9.86. The number of hydrogen-bond donors (Lipinski definition) is 1. The van der Waals surface area contributed by atoms with Crippen LogP contribution >= 0.6 is 0 Å². The van der Waals surface area contributed by atoms with E-state index in [0.717, 1.165) is 36.8 Å². The molecule has 2 unspecified atom stereocenters. The summed E-state index contributed by atoms with van der Waals surface area (Å²) in [5, 5.41) is 3.47. The second kappa shape index (κ2) is 6.35. The maximum Gasteiger partial charge on any atom is 0.206 e. The summed E-state index contributed by atoms with van der Waals surface area (Å²) in [6, 6.07) is 10.9. The van der Waals surface area contributed by atoms with Gasteiger partial charge in [0, 0.05) is 24.7 Å². The zero-order valence-electron chi connectivity index (χ0n) is 14.9. The van der Waals surface area contributed by atoms with Gasteiger partial charge in [-0.2, -0.15) is 0 Å². The van der Waals surface area contributed by atoms with Crippen molar-refractivity contribution in [3.05, 3.63) is 53.8 Å². The third-order valence-corrected chi connectivity index (χ3v) is 7.49. The van der Waals surface area contributed by atoms with E-state index in [4.69, 9.17) is 0 Å². The van der Waals surface area contributed by atoms with Crippen LogP contribution in [0.15, 0.2) is 52.3 Å². The normalized spacial score (nSPS) is 25.5. The van der Waals surface area contributed by atoms with Crippen molar-refractivity contribution in [3.63, 3.8) is 0 Å². The van der Waals surface area contributed by atoms with E-state index in [2.05, 4.69) is 24.2 Å². The van der Waals surface area contributed by atoms with Crippen LogP contribution in [0.3, 0.4) is 0 Å². The molecule has 0 bridgehead atoms. The third-order valence-electron chi connectivity index (χ3n) is 5.74. The van der Waals surface area contributed by atoms with Crippen LogP contribution in [-0.4, -0.2) is 34.6 Å². The molecule has 2 aliphatic heterocycles. The smallest absolute Gasteiger partial charge is 0.206 e. The van der Waals surface area contributed by atoms with E-state index in [1.54, 1.807) is 12.1 Å². The predicted molar refractivity (Wildman–Crippen MR) is 99.9 cm³/mol. The van der Waals surface area contributed by atoms with Crippen LogP contribution in [0.2, 0.25) is 0 Å². The lowest BCUT2D eigenvalue weighted by molar-refractivity contribution is 0.417. The van der Waals surface area contributed by atoms with Gasteiger partial charge in [-0.05, 0) is 67.4 Å². The lowest BCUT2D eigenvalue weighted by Crippen LogP contribution is -2.38. The van der Waals surface area contributed by atoms with Crippen LogP contribution in [0.1, 0.15) is 24.8 Å². The number of benzene rings is 2. The van der Waals surface area contributed by atoms with Gasteiger partial charge in [-0.15, -0.1) is 0 Å². The Labute approximate surface area is 153 Å². The summed E-state index contributed by atoms with van der Waals surface area (Å²) >= 11 is 0. The monoisotopic (exact) mass is 374 g/mol. The molecule has 2 aromatic rings. The van der Waals surface area contributed by atoms with Gasteiger partial charge in [0.25, 0.3) is 0 Å². The van der Waals surface area contributed by atoms with Crippen molar-refractivity contribution in [3.8, 4) is 0 Å². The molecule has 6 heteroatoms. The van der Waals surface area contributed by atoms with Crippen LogP contribution in [0.4, 0.5) is 10.1 Å². The number of anilines is 1. The molecule has 4 rings (SSSR count). The van der Waals surface area contributed by atoms with Crippen molar-refractivity contribution >= 4 is 15.5 Å². The first-order chi connectivity index (χ1) is 12.4.